The van der Waals surface area contributed by atoms with Gasteiger partial charge in [0.15, 0.2) is 0 Å². The quantitative estimate of drug-likeness (QED) is 0.701. The summed E-state index contributed by atoms with van der Waals surface area (Å²) in [6.45, 7) is 7.44. The van der Waals surface area contributed by atoms with Crippen LogP contribution in [0.2, 0.25) is 0 Å². The largest absolute Gasteiger partial charge is 0.481 e. The second kappa shape index (κ2) is 7.14. The summed E-state index contributed by atoms with van der Waals surface area (Å²) in [5.41, 5.74) is 0.0788. The molecule has 0 aromatic carbocycles. The highest BCUT2D eigenvalue weighted by molar-refractivity contribution is 5.73. The molecule has 0 spiro atoms. The lowest BCUT2D eigenvalue weighted by Gasteiger charge is -2.26. The third-order valence-electron chi connectivity index (χ3n) is 2.15. The van der Waals surface area contributed by atoms with Crippen molar-refractivity contribution >= 4 is 12.0 Å². The van der Waals surface area contributed by atoms with Crippen LogP contribution < -0.4 is 5.32 Å². The van der Waals surface area contributed by atoms with Gasteiger partial charge in [0.1, 0.15) is 0 Å². The number of nitrogens with one attached hydrogen (secondary N) is 1. The molecule has 0 unspecified atom stereocenters. The Morgan fingerprint density at radius 3 is 2.29 bits per heavy atom. The van der Waals surface area contributed by atoms with Gasteiger partial charge in [-0.05, 0) is 18.3 Å². The molecular weight excluding hydrogens is 220 g/mol. The molecule has 0 bridgehead atoms. The molecule has 17 heavy (non-hydrogen) atoms. The normalized spacial score (nSPS) is 11.1. The first-order valence-electron chi connectivity index (χ1n) is 5.93. The summed E-state index contributed by atoms with van der Waals surface area (Å²) >= 11 is 0. The number of carboxylic acids is 1. The molecule has 0 aliphatic heterocycles. The first-order valence-corrected chi connectivity index (χ1v) is 5.93. The smallest absolute Gasteiger partial charge is 0.317 e. The van der Waals surface area contributed by atoms with Gasteiger partial charge in [-0.25, -0.2) is 4.79 Å². The minimum atomic E-state index is -0.791. The Balaban J connectivity index is 3.68. The van der Waals surface area contributed by atoms with Crippen LogP contribution in [0.4, 0.5) is 4.79 Å². The average molecular weight is 244 g/mol. The van der Waals surface area contributed by atoms with Gasteiger partial charge >= 0.3 is 12.0 Å². The summed E-state index contributed by atoms with van der Waals surface area (Å²) in [5, 5.41) is 11.2. The maximum absolute atomic E-state index is 11.6. The van der Waals surface area contributed by atoms with E-state index in [0.29, 0.717) is 25.9 Å². The maximum atomic E-state index is 11.6. The highest BCUT2D eigenvalue weighted by atomic mass is 16.4. The molecule has 0 saturated heterocycles. The molecule has 100 valence electrons. The highest BCUT2D eigenvalue weighted by Crippen LogP contribution is 2.13. The van der Waals surface area contributed by atoms with Crippen molar-refractivity contribution in [2.45, 2.75) is 40.0 Å². The second-order valence-electron chi connectivity index (χ2n) is 5.50. The zero-order chi connectivity index (χ0) is 13.5. The van der Waals surface area contributed by atoms with Gasteiger partial charge in [0.05, 0.1) is 0 Å². The number of carbonyl (C=O) groups excluding carboxylic acids is 1. The van der Waals surface area contributed by atoms with E-state index in [-0.39, 0.29) is 17.9 Å². The van der Waals surface area contributed by atoms with E-state index in [0.717, 1.165) is 0 Å². The van der Waals surface area contributed by atoms with Crippen molar-refractivity contribution in [2.24, 2.45) is 5.41 Å². The number of rotatable bonds is 6. The number of urea groups is 1. The van der Waals surface area contributed by atoms with E-state index in [1.807, 2.05) is 0 Å². The number of unbranched alkanes of at least 4 members (excludes halogenated alkanes) is 1. The highest BCUT2D eigenvalue weighted by Gasteiger charge is 2.16. The van der Waals surface area contributed by atoms with E-state index in [1.165, 1.54) is 0 Å². The Kier molecular flexibility index (Phi) is 6.61. The predicted molar refractivity (Wildman–Crippen MR) is 67.0 cm³/mol. The lowest BCUT2D eigenvalue weighted by Crippen LogP contribution is -2.41. The number of carbonyl (C=O) groups is 2. The molecule has 0 heterocycles. The van der Waals surface area contributed by atoms with Gasteiger partial charge < -0.3 is 15.3 Å². The molecule has 2 N–H and O–H groups in total. The van der Waals surface area contributed by atoms with Crippen molar-refractivity contribution in [3.05, 3.63) is 0 Å². The van der Waals surface area contributed by atoms with Gasteiger partial charge in [0, 0.05) is 26.6 Å². The lowest BCUT2D eigenvalue weighted by molar-refractivity contribution is -0.137. The van der Waals surface area contributed by atoms with Crippen LogP contribution >= 0.6 is 0 Å². The fourth-order valence-corrected chi connectivity index (χ4v) is 1.51. The van der Waals surface area contributed by atoms with Gasteiger partial charge in [0.25, 0.3) is 0 Å². The molecule has 0 rings (SSSR count). The Labute approximate surface area is 103 Å². The van der Waals surface area contributed by atoms with Crippen LogP contribution in [0.1, 0.15) is 40.0 Å². The summed E-state index contributed by atoms with van der Waals surface area (Å²) in [6, 6.07) is -0.102. The first kappa shape index (κ1) is 15.7. The first-order chi connectivity index (χ1) is 7.72. The van der Waals surface area contributed by atoms with Crippen LogP contribution in [-0.4, -0.2) is 42.1 Å². The number of hydrogen-bond donors (Lipinski definition) is 2. The van der Waals surface area contributed by atoms with Crippen molar-refractivity contribution in [2.75, 3.05) is 20.1 Å². The van der Waals surface area contributed by atoms with Crippen molar-refractivity contribution in [3.63, 3.8) is 0 Å². The molecule has 0 aromatic rings. The van der Waals surface area contributed by atoms with Crippen LogP contribution in [0.3, 0.4) is 0 Å². The molecule has 0 fully saturated rings. The monoisotopic (exact) mass is 244 g/mol. The fourth-order valence-electron chi connectivity index (χ4n) is 1.51. The van der Waals surface area contributed by atoms with Gasteiger partial charge in [-0.1, -0.05) is 20.8 Å². The van der Waals surface area contributed by atoms with Crippen molar-refractivity contribution in [1.29, 1.82) is 0 Å². The predicted octanol–water partition coefficient (Wildman–Crippen LogP) is 1.93. The third-order valence-corrected chi connectivity index (χ3v) is 2.15. The second-order valence-corrected chi connectivity index (χ2v) is 5.50. The van der Waals surface area contributed by atoms with E-state index < -0.39 is 5.97 Å². The molecule has 0 radical (unpaired) electrons. The van der Waals surface area contributed by atoms with Crippen LogP contribution in [0.15, 0.2) is 0 Å². The van der Waals surface area contributed by atoms with Crippen molar-refractivity contribution in [3.8, 4) is 0 Å². The Morgan fingerprint density at radius 2 is 1.82 bits per heavy atom. The number of carboxylic acid groups (broad SMARTS) is 1. The van der Waals surface area contributed by atoms with E-state index >= 15 is 0 Å². The molecule has 5 nitrogen and oxygen atoms in total. The summed E-state index contributed by atoms with van der Waals surface area (Å²) in [7, 11) is 1.76. The van der Waals surface area contributed by atoms with E-state index in [9.17, 15) is 9.59 Å². The van der Waals surface area contributed by atoms with E-state index in [1.54, 1.807) is 11.9 Å². The zero-order valence-electron chi connectivity index (χ0n) is 11.2. The van der Waals surface area contributed by atoms with Crippen LogP contribution in [0.25, 0.3) is 0 Å². The minimum Gasteiger partial charge on any atom is -0.481 e. The Hall–Kier alpha value is -1.26. The molecule has 0 aromatic heterocycles. The van der Waals surface area contributed by atoms with Crippen LogP contribution in [-0.2, 0) is 4.79 Å². The van der Waals surface area contributed by atoms with Gasteiger partial charge in [0.2, 0.25) is 0 Å². The Morgan fingerprint density at radius 1 is 1.24 bits per heavy atom. The summed E-state index contributed by atoms with van der Waals surface area (Å²) in [6.07, 6.45) is 1.45. The van der Waals surface area contributed by atoms with Gasteiger partial charge in [-0.2, -0.15) is 0 Å². The number of amides is 2. The van der Waals surface area contributed by atoms with Crippen molar-refractivity contribution < 1.29 is 14.7 Å². The number of hydrogen-bond acceptors (Lipinski definition) is 2. The fraction of sp³-hybridized carbons (Fsp3) is 0.833. The SMILES string of the molecule is CN(CC(C)(C)C)C(=O)NCCCCC(=O)O. The summed E-state index contributed by atoms with van der Waals surface area (Å²) < 4.78 is 0. The minimum absolute atomic E-state index is 0.0788. The zero-order valence-corrected chi connectivity index (χ0v) is 11.2. The maximum Gasteiger partial charge on any atom is 0.317 e. The van der Waals surface area contributed by atoms with E-state index in [2.05, 4.69) is 26.1 Å². The summed E-state index contributed by atoms with van der Waals surface area (Å²) in [4.78, 5) is 23.5. The number of nitrogens with zero attached hydrogens (tertiary/aromatic N) is 1. The average Bonchev–Trinajstić information content (AvgIpc) is 2.13. The van der Waals surface area contributed by atoms with Crippen LogP contribution in [0, 0.1) is 5.41 Å². The molecule has 5 heteroatoms. The topological polar surface area (TPSA) is 69.6 Å². The lowest BCUT2D eigenvalue weighted by atomic mass is 9.96. The molecule has 0 atom stereocenters. The Bertz CT molecular complexity index is 259. The number of aliphatic carboxylic acids is 1. The van der Waals surface area contributed by atoms with Gasteiger partial charge in [-0.3, -0.25) is 4.79 Å². The van der Waals surface area contributed by atoms with E-state index in [4.69, 9.17) is 5.11 Å². The third kappa shape index (κ3) is 9.66. The molecule has 0 saturated carbocycles. The molecular formula is C12H24N2O3. The van der Waals surface area contributed by atoms with Gasteiger partial charge in [-0.15, -0.1) is 0 Å². The van der Waals surface area contributed by atoms with Crippen LogP contribution in [0.5, 0.6) is 0 Å². The van der Waals surface area contributed by atoms with Crippen molar-refractivity contribution in [1.82, 2.24) is 10.2 Å². The molecule has 2 amide bonds. The molecule has 0 aliphatic rings. The molecule has 0 aliphatic carbocycles. The standard InChI is InChI=1S/C12H24N2O3/c1-12(2,3)9-14(4)11(17)13-8-6-5-7-10(15)16/h5-9H2,1-4H3,(H,13,17)(H,15,16). The summed E-state index contributed by atoms with van der Waals surface area (Å²) in [5.74, 6) is -0.791.